The summed E-state index contributed by atoms with van der Waals surface area (Å²) >= 11 is 0. The predicted molar refractivity (Wildman–Crippen MR) is 273 cm³/mol. The van der Waals surface area contributed by atoms with Gasteiger partial charge >= 0.3 is 0 Å². The standard InChI is InChI=1S/C65H45N/c1-64(2)53-25-11-9-23-51(53)62-57(64)29-15-31-59(62)66(44-39-37-42(38-40-44)41-33-35-43(36-34-41)61-49-21-5-3-17-45(49)46-18-4-6-22-50(46)61)60-32-16-30-58-63(60)52-24-10-14-28-56(52)65(58)54-26-12-7-19-47(54)48-20-8-13-27-55(48)65/h3-40,61H,1-2H3. The van der Waals surface area contributed by atoms with Crippen LogP contribution in [0.3, 0.4) is 0 Å². The van der Waals surface area contributed by atoms with Gasteiger partial charge in [-0.2, -0.15) is 0 Å². The minimum Gasteiger partial charge on any atom is -0.309 e. The Balaban J connectivity index is 0.952. The Morgan fingerprint density at radius 1 is 0.318 bits per heavy atom. The van der Waals surface area contributed by atoms with Crippen molar-refractivity contribution in [2.24, 2.45) is 0 Å². The Hall–Kier alpha value is -8.00. The van der Waals surface area contributed by atoms with Crippen LogP contribution in [0.5, 0.6) is 0 Å². The van der Waals surface area contributed by atoms with Crippen molar-refractivity contribution in [3.8, 4) is 55.6 Å². The maximum absolute atomic E-state index is 2.57. The second-order valence-electron chi connectivity index (χ2n) is 19.1. The molecule has 10 aromatic rings. The maximum atomic E-state index is 2.57. The van der Waals surface area contributed by atoms with E-state index in [-0.39, 0.29) is 11.3 Å². The lowest BCUT2D eigenvalue weighted by Crippen LogP contribution is -2.26. The molecule has 1 nitrogen and oxygen atoms in total. The molecule has 0 fully saturated rings. The molecule has 0 saturated carbocycles. The van der Waals surface area contributed by atoms with E-state index in [1.165, 1.54) is 117 Å². The molecular formula is C65H45N. The second kappa shape index (κ2) is 13.8. The third-order valence-electron chi connectivity index (χ3n) is 15.6. The summed E-state index contributed by atoms with van der Waals surface area (Å²) in [6, 6.07) is 86.9. The van der Waals surface area contributed by atoms with Crippen LogP contribution in [0.2, 0.25) is 0 Å². The van der Waals surface area contributed by atoms with Gasteiger partial charge in [0.15, 0.2) is 0 Å². The molecule has 0 saturated heterocycles. The van der Waals surface area contributed by atoms with Gasteiger partial charge in [-0.25, -0.2) is 0 Å². The number of hydrogen-bond donors (Lipinski definition) is 0. The number of fused-ring (bicyclic) bond motifs is 16. The fourth-order valence-electron chi connectivity index (χ4n) is 12.8. The summed E-state index contributed by atoms with van der Waals surface area (Å²) in [5, 5.41) is 0. The van der Waals surface area contributed by atoms with E-state index in [0.717, 1.165) is 5.69 Å². The van der Waals surface area contributed by atoms with Gasteiger partial charge in [0, 0.05) is 28.1 Å². The van der Waals surface area contributed by atoms with Crippen LogP contribution in [0.1, 0.15) is 69.8 Å². The lowest BCUT2D eigenvalue weighted by molar-refractivity contribution is 0.660. The van der Waals surface area contributed by atoms with E-state index in [0.29, 0.717) is 0 Å². The Morgan fingerprint density at radius 3 is 1.27 bits per heavy atom. The highest BCUT2D eigenvalue weighted by molar-refractivity contribution is 6.03. The number of benzene rings is 10. The molecule has 4 aliphatic carbocycles. The highest BCUT2D eigenvalue weighted by Gasteiger charge is 2.52. The lowest BCUT2D eigenvalue weighted by Gasteiger charge is -2.32. The van der Waals surface area contributed by atoms with Gasteiger partial charge in [0.25, 0.3) is 0 Å². The molecule has 0 heterocycles. The first-order valence-electron chi connectivity index (χ1n) is 23.4. The van der Waals surface area contributed by atoms with Crippen LogP contribution >= 0.6 is 0 Å². The summed E-state index contributed by atoms with van der Waals surface area (Å²) in [4.78, 5) is 2.57. The van der Waals surface area contributed by atoms with Crippen molar-refractivity contribution in [2.75, 3.05) is 4.90 Å². The molecule has 0 unspecified atom stereocenters. The summed E-state index contributed by atoms with van der Waals surface area (Å²) in [5.41, 5.74) is 28.1. The largest absolute Gasteiger partial charge is 0.309 e. The SMILES string of the molecule is CC1(C)c2ccccc2-c2c(N(c3ccc(-c4ccc(C5c6ccccc6-c6ccccc65)cc4)cc3)c3cccc4c3-c3ccccc3C43c4ccccc4-c4ccccc43)cccc21. The number of rotatable bonds is 5. The van der Waals surface area contributed by atoms with Crippen molar-refractivity contribution < 1.29 is 0 Å². The van der Waals surface area contributed by atoms with Crippen molar-refractivity contribution in [3.05, 3.63) is 281 Å². The van der Waals surface area contributed by atoms with E-state index >= 15 is 0 Å². The fourth-order valence-corrected chi connectivity index (χ4v) is 12.8. The van der Waals surface area contributed by atoms with Crippen LogP contribution in [0.4, 0.5) is 17.1 Å². The highest BCUT2D eigenvalue weighted by atomic mass is 15.1. The van der Waals surface area contributed by atoms with Crippen molar-refractivity contribution >= 4 is 17.1 Å². The normalized spacial score (nSPS) is 14.7. The van der Waals surface area contributed by atoms with Crippen LogP contribution in [-0.4, -0.2) is 0 Å². The smallest absolute Gasteiger partial charge is 0.0726 e. The Labute approximate surface area is 387 Å². The molecule has 310 valence electrons. The molecule has 0 radical (unpaired) electrons. The molecule has 1 heteroatoms. The van der Waals surface area contributed by atoms with Gasteiger partial charge in [-0.15, -0.1) is 0 Å². The minimum absolute atomic E-state index is 0.140. The van der Waals surface area contributed by atoms with E-state index in [2.05, 4.69) is 249 Å². The zero-order valence-electron chi connectivity index (χ0n) is 37.0. The predicted octanol–water partition coefficient (Wildman–Crippen LogP) is 16.6. The molecule has 1 spiro atoms. The molecular weight excluding hydrogens is 795 g/mol. The van der Waals surface area contributed by atoms with Crippen molar-refractivity contribution in [1.82, 2.24) is 0 Å². The first-order chi connectivity index (χ1) is 32.5. The average molecular weight is 840 g/mol. The Morgan fingerprint density at radius 2 is 0.712 bits per heavy atom. The van der Waals surface area contributed by atoms with Crippen LogP contribution in [0, 0.1) is 0 Å². The van der Waals surface area contributed by atoms with E-state index in [9.17, 15) is 0 Å². The summed E-state index contributed by atoms with van der Waals surface area (Å²) in [5.74, 6) is 0.230. The maximum Gasteiger partial charge on any atom is 0.0726 e. The van der Waals surface area contributed by atoms with Gasteiger partial charge in [0.05, 0.1) is 16.8 Å². The first-order valence-corrected chi connectivity index (χ1v) is 23.4. The summed E-state index contributed by atoms with van der Waals surface area (Å²) in [7, 11) is 0. The molecule has 4 aliphatic rings. The molecule has 0 bridgehead atoms. The Kier molecular flexibility index (Phi) is 7.79. The molecule has 0 amide bonds. The van der Waals surface area contributed by atoms with Crippen molar-refractivity contribution in [3.63, 3.8) is 0 Å². The third kappa shape index (κ3) is 4.90. The average Bonchev–Trinajstić information content (AvgIpc) is 4.05. The van der Waals surface area contributed by atoms with E-state index in [4.69, 9.17) is 0 Å². The van der Waals surface area contributed by atoms with Gasteiger partial charge in [-0.3, -0.25) is 0 Å². The molecule has 0 aromatic heterocycles. The van der Waals surface area contributed by atoms with Crippen LogP contribution in [-0.2, 0) is 10.8 Å². The summed E-state index contributed by atoms with van der Waals surface area (Å²) < 4.78 is 0. The van der Waals surface area contributed by atoms with Crippen LogP contribution < -0.4 is 4.90 Å². The molecule has 0 atom stereocenters. The zero-order valence-corrected chi connectivity index (χ0v) is 37.0. The van der Waals surface area contributed by atoms with Gasteiger partial charge in [0.1, 0.15) is 0 Å². The quantitative estimate of drug-likeness (QED) is 0.167. The van der Waals surface area contributed by atoms with Gasteiger partial charge in [-0.1, -0.05) is 220 Å². The van der Waals surface area contributed by atoms with Crippen LogP contribution in [0.15, 0.2) is 231 Å². The monoisotopic (exact) mass is 839 g/mol. The van der Waals surface area contributed by atoms with E-state index in [1.54, 1.807) is 0 Å². The van der Waals surface area contributed by atoms with Gasteiger partial charge in [-0.05, 0) is 119 Å². The van der Waals surface area contributed by atoms with Crippen LogP contribution in [0.25, 0.3) is 55.6 Å². The summed E-state index contributed by atoms with van der Waals surface area (Å²) in [6.45, 7) is 4.76. The van der Waals surface area contributed by atoms with Crippen molar-refractivity contribution in [2.45, 2.75) is 30.6 Å². The molecule has 0 aliphatic heterocycles. The Bertz CT molecular complexity index is 3530. The lowest BCUT2D eigenvalue weighted by atomic mass is 9.70. The van der Waals surface area contributed by atoms with E-state index in [1.807, 2.05) is 0 Å². The fraction of sp³-hybridized carbons (Fsp3) is 0.0769. The zero-order chi connectivity index (χ0) is 43.7. The molecule has 66 heavy (non-hydrogen) atoms. The number of anilines is 3. The molecule has 14 rings (SSSR count). The minimum atomic E-state index is -0.438. The number of nitrogens with zero attached hydrogens (tertiary/aromatic N) is 1. The highest BCUT2D eigenvalue weighted by Crippen LogP contribution is 2.65. The molecule has 0 N–H and O–H groups in total. The molecule has 10 aromatic carbocycles. The second-order valence-corrected chi connectivity index (χ2v) is 19.1. The van der Waals surface area contributed by atoms with E-state index < -0.39 is 5.41 Å². The third-order valence-corrected chi connectivity index (χ3v) is 15.6. The van der Waals surface area contributed by atoms with Gasteiger partial charge in [0.2, 0.25) is 0 Å². The number of hydrogen-bond acceptors (Lipinski definition) is 1. The summed E-state index contributed by atoms with van der Waals surface area (Å²) in [6.07, 6.45) is 0. The topological polar surface area (TPSA) is 3.24 Å². The van der Waals surface area contributed by atoms with Crippen molar-refractivity contribution in [1.29, 1.82) is 0 Å². The van der Waals surface area contributed by atoms with Gasteiger partial charge < -0.3 is 4.90 Å². The first kappa shape index (κ1) is 37.4.